The lowest BCUT2D eigenvalue weighted by atomic mass is 9.81. The Labute approximate surface area is 182 Å². The number of hydrogen-bond donors (Lipinski definition) is 0. The molecule has 0 atom stereocenters. The summed E-state index contributed by atoms with van der Waals surface area (Å²) < 4.78 is 27.2. The van der Waals surface area contributed by atoms with Crippen molar-refractivity contribution in [2.24, 2.45) is 0 Å². The number of urea groups is 1. The summed E-state index contributed by atoms with van der Waals surface area (Å²) in [7, 11) is -1.96. The van der Waals surface area contributed by atoms with Crippen LogP contribution < -0.4 is 0 Å². The van der Waals surface area contributed by atoms with Crippen molar-refractivity contribution in [1.29, 1.82) is 0 Å². The molecule has 2 aliphatic heterocycles. The quantitative estimate of drug-likeness (QED) is 0.651. The van der Waals surface area contributed by atoms with Gasteiger partial charge in [-0.1, -0.05) is 43.0 Å². The third-order valence-electron chi connectivity index (χ3n) is 6.61. The predicted octanol–water partition coefficient (Wildman–Crippen LogP) is 2.20. The largest absolute Gasteiger partial charge is 0.328 e. The zero-order valence-electron chi connectivity index (χ0n) is 17.1. The topological polar surface area (TPSA) is 81.2 Å². The monoisotopic (exact) mass is 454 g/mol. The Morgan fingerprint density at radius 3 is 2.27 bits per heavy atom. The summed E-state index contributed by atoms with van der Waals surface area (Å²) in [5.74, 6) is -0.110. The van der Waals surface area contributed by atoms with E-state index in [1.165, 1.54) is 15.3 Å². The maximum Gasteiger partial charge on any atom is 0.328 e. The maximum absolute atomic E-state index is 13.1. The van der Waals surface area contributed by atoms with E-state index in [2.05, 4.69) is 0 Å². The van der Waals surface area contributed by atoms with Crippen LogP contribution in [0.15, 0.2) is 29.2 Å². The Morgan fingerprint density at radius 1 is 1.00 bits per heavy atom. The van der Waals surface area contributed by atoms with Gasteiger partial charge in [0.1, 0.15) is 10.4 Å². The van der Waals surface area contributed by atoms with Gasteiger partial charge in [0, 0.05) is 33.2 Å². The molecule has 1 spiro atoms. The van der Waals surface area contributed by atoms with Gasteiger partial charge in [0.2, 0.25) is 10.0 Å². The van der Waals surface area contributed by atoms with Gasteiger partial charge in [-0.3, -0.25) is 9.69 Å². The number of halogens is 1. The van der Waals surface area contributed by atoms with E-state index in [-0.39, 0.29) is 41.6 Å². The second-order valence-electron chi connectivity index (χ2n) is 8.26. The molecule has 8 nitrogen and oxygen atoms in total. The van der Waals surface area contributed by atoms with Gasteiger partial charge in [0.25, 0.3) is 5.91 Å². The number of benzene rings is 1. The molecule has 1 aromatic rings. The van der Waals surface area contributed by atoms with E-state index in [1.807, 2.05) is 4.90 Å². The van der Waals surface area contributed by atoms with Crippen LogP contribution >= 0.6 is 11.6 Å². The minimum atomic E-state index is -3.68. The molecule has 30 heavy (non-hydrogen) atoms. The molecule has 3 fully saturated rings. The molecule has 2 heterocycles. The highest BCUT2D eigenvalue weighted by molar-refractivity contribution is 7.89. The van der Waals surface area contributed by atoms with Gasteiger partial charge in [-0.05, 0) is 25.0 Å². The molecular weight excluding hydrogens is 428 g/mol. The molecular formula is C20H27ClN4O4S. The Bertz CT molecular complexity index is 940. The number of carbonyl (C=O) groups is 2. The number of piperazine rings is 1. The lowest BCUT2D eigenvalue weighted by Gasteiger charge is -2.36. The normalized spacial score (nSPS) is 23.5. The summed E-state index contributed by atoms with van der Waals surface area (Å²) in [4.78, 5) is 31.0. The highest BCUT2D eigenvalue weighted by atomic mass is 35.5. The van der Waals surface area contributed by atoms with Crippen LogP contribution in [0, 0.1) is 0 Å². The molecule has 2 saturated heterocycles. The molecule has 0 N–H and O–H groups in total. The minimum absolute atomic E-state index is 0.103. The molecule has 1 aromatic carbocycles. The molecule has 0 bridgehead atoms. The fraction of sp³-hybridized carbons (Fsp3) is 0.600. The van der Waals surface area contributed by atoms with Crippen LogP contribution in [-0.2, 0) is 14.8 Å². The summed E-state index contributed by atoms with van der Waals surface area (Å²) in [6.07, 6.45) is 4.44. The highest BCUT2D eigenvalue weighted by Gasteiger charge is 2.55. The standard InChI is InChI=1S/C20H27ClN4O4S/c1-22-19(27)25(18(26)20(22)9-5-2-6-10-20)15-23-11-13-24(14-12-23)30(28,29)17-8-4-3-7-16(17)21/h3-4,7-8H,2,5-6,9-15H2,1H3. The van der Waals surface area contributed by atoms with Gasteiger partial charge in [-0.2, -0.15) is 4.31 Å². The maximum atomic E-state index is 13.1. The summed E-state index contributed by atoms with van der Waals surface area (Å²) in [5, 5.41) is 0.203. The van der Waals surface area contributed by atoms with Crippen molar-refractivity contribution in [2.45, 2.75) is 42.5 Å². The number of amides is 3. The Kier molecular flexibility index (Phi) is 5.82. The van der Waals surface area contributed by atoms with Crippen LogP contribution in [-0.4, -0.2) is 84.8 Å². The smallest absolute Gasteiger partial charge is 0.313 e. The molecule has 0 unspecified atom stereocenters. The number of sulfonamides is 1. The van der Waals surface area contributed by atoms with Crippen molar-refractivity contribution >= 4 is 33.6 Å². The molecule has 1 saturated carbocycles. The average Bonchev–Trinajstić information content (AvgIpc) is 2.91. The van der Waals surface area contributed by atoms with E-state index in [0.717, 1.165) is 19.3 Å². The van der Waals surface area contributed by atoms with E-state index in [1.54, 1.807) is 30.1 Å². The Balaban J connectivity index is 1.41. The third-order valence-corrected chi connectivity index (χ3v) is 9.01. The zero-order chi connectivity index (χ0) is 21.5. The Hall–Kier alpha value is -1.68. The van der Waals surface area contributed by atoms with Gasteiger partial charge in [-0.15, -0.1) is 0 Å². The van der Waals surface area contributed by atoms with Crippen molar-refractivity contribution < 1.29 is 18.0 Å². The number of likely N-dealkylation sites (N-methyl/N-ethyl adjacent to an activating group) is 1. The van der Waals surface area contributed by atoms with Gasteiger partial charge in [0.05, 0.1) is 11.7 Å². The van der Waals surface area contributed by atoms with Gasteiger partial charge >= 0.3 is 6.03 Å². The lowest BCUT2D eigenvalue weighted by Crippen LogP contribution is -2.53. The van der Waals surface area contributed by atoms with E-state index in [4.69, 9.17) is 11.6 Å². The zero-order valence-corrected chi connectivity index (χ0v) is 18.7. The van der Waals surface area contributed by atoms with Gasteiger partial charge in [-0.25, -0.2) is 18.1 Å². The van der Waals surface area contributed by atoms with Crippen LogP contribution in [0.1, 0.15) is 32.1 Å². The molecule has 1 aliphatic carbocycles. The van der Waals surface area contributed by atoms with Crippen molar-refractivity contribution in [3.63, 3.8) is 0 Å². The molecule has 164 valence electrons. The van der Waals surface area contributed by atoms with Crippen molar-refractivity contribution in [3.05, 3.63) is 29.3 Å². The van der Waals surface area contributed by atoms with Crippen LogP contribution in [0.2, 0.25) is 5.02 Å². The SMILES string of the molecule is CN1C(=O)N(CN2CCN(S(=O)(=O)c3ccccc3Cl)CC2)C(=O)C12CCCCC2. The summed E-state index contributed by atoms with van der Waals surface area (Å²) >= 11 is 6.08. The number of carbonyl (C=O) groups excluding carboxylic acids is 2. The van der Waals surface area contributed by atoms with Crippen molar-refractivity contribution in [1.82, 2.24) is 19.0 Å². The predicted molar refractivity (Wildman–Crippen MR) is 112 cm³/mol. The van der Waals surface area contributed by atoms with Crippen LogP contribution in [0.5, 0.6) is 0 Å². The van der Waals surface area contributed by atoms with Gasteiger partial charge < -0.3 is 4.90 Å². The fourth-order valence-electron chi connectivity index (χ4n) is 4.76. The van der Waals surface area contributed by atoms with E-state index < -0.39 is 15.6 Å². The first-order chi connectivity index (χ1) is 14.3. The van der Waals surface area contributed by atoms with Crippen LogP contribution in [0.25, 0.3) is 0 Å². The third kappa shape index (κ3) is 3.51. The fourth-order valence-corrected chi connectivity index (χ4v) is 6.68. The molecule has 3 amide bonds. The molecule has 10 heteroatoms. The number of hydrogen-bond acceptors (Lipinski definition) is 5. The van der Waals surface area contributed by atoms with Gasteiger partial charge in [0.15, 0.2) is 0 Å². The Morgan fingerprint density at radius 2 is 1.63 bits per heavy atom. The molecule has 0 aromatic heterocycles. The molecule has 3 aliphatic rings. The first kappa shape index (κ1) is 21.5. The first-order valence-electron chi connectivity index (χ1n) is 10.3. The van der Waals surface area contributed by atoms with Crippen LogP contribution in [0.4, 0.5) is 4.79 Å². The first-order valence-corrected chi connectivity index (χ1v) is 12.2. The van der Waals surface area contributed by atoms with E-state index >= 15 is 0 Å². The van der Waals surface area contributed by atoms with E-state index in [9.17, 15) is 18.0 Å². The van der Waals surface area contributed by atoms with Crippen molar-refractivity contribution in [3.8, 4) is 0 Å². The van der Waals surface area contributed by atoms with Crippen LogP contribution in [0.3, 0.4) is 0 Å². The average molecular weight is 455 g/mol. The molecule has 0 radical (unpaired) electrons. The number of rotatable bonds is 4. The summed E-state index contributed by atoms with van der Waals surface area (Å²) in [6, 6.07) is 6.15. The van der Waals surface area contributed by atoms with E-state index in [0.29, 0.717) is 25.9 Å². The highest BCUT2D eigenvalue weighted by Crippen LogP contribution is 2.39. The number of imide groups is 1. The second-order valence-corrected chi connectivity index (χ2v) is 10.6. The summed E-state index contributed by atoms with van der Waals surface area (Å²) in [5.41, 5.74) is -0.690. The lowest BCUT2D eigenvalue weighted by molar-refractivity contribution is -0.136. The molecule has 4 rings (SSSR count). The summed E-state index contributed by atoms with van der Waals surface area (Å²) in [6.45, 7) is 1.65. The second kappa shape index (κ2) is 8.11. The minimum Gasteiger partial charge on any atom is -0.313 e. The number of nitrogens with zero attached hydrogens (tertiary/aromatic N) is 4. The van der Waals surface area contributed by atoms with Crippen molar-refractivity contribution in [2.75, 3.05) is 39.9 Å².